The molecule has 1 rings (SSSR count). The van der Waals surface area contributed by atoms with Gasteiger partial charge in [-0.25, -0.2) is 0 Å². The van der Waals surface area contributed by atoms with Gasteiger partial charge in [-0.2, -0.15) is 0 Å². The van der Waals surface area contributed by atoms with Crippen LogP contribution < -0.4 is 4.74 Å². The van der Waals surface area contributed by atoms with E-state index in [1.807, 2.05) is 6.07 Å². The van der Waals surface area contributed by atoms with E-state index < -0.39 is 5.60 Å². The molecule has 18 heavy (non-hydrogen) atoms. The fourth-order valence-electron chi connectivity index (χ4n) is 1.57. The van der Waals surface area contributed by atoms with E-state index in [2.05, 4.69) is 20.8 Å². The van der Waals surface area contributed by atoms with Crippen molar-refractivity contribution in [2.45, 2.75) is 46.6 Å². The highest BCUT2D eigenvalue weighted by atomic mass is 35.5. The maximum absolute atomic E-state index is 10.1. The Morgan fingerprint density at radius 3 is 2.28 bits per heavy atom. The van der Waals surface area contributed by atoms with Crippen LogP contribution in [0.1, 0.15) is 46.6 Å². The van der Waals surface area contributed by atoms with E-state index in [0.29, 0.717) is 17.4 Å². The minimum Gasteiger partial charge on any atom is -0.493 e. The summed E-state index contributed by atoms with van der Waals surface area (Å²) in [5.41, 5.74) is 0.00688. The average molecular weight is 271 g/mol. The zero-order valence-corrected chi connectivity index (χ0v) is 12.6. The van der Waals surface area contributed by atoms with Gasteiger partial charge in [0.1, 0.15) is 5.75 Å². The Morgan fingerprint density at radius 1 is 1.17 bits per heavy atom. The molecule has 0 spiro atoms. The minimum absolute atomic E-state index is 0.237. The van der Waals surface area contributed by atoms with E-state index in [4.69, 9.17) is 16.3 Å². The highest BCUT2D eigenvalue weighted by Crippen LogP contribution is 2.32. The quantitative estimate of drug-likeness (QED) is 0.880. The van der Waals surface area contributed by atoms with Crippen LogP contribution in [0.2, 0.25) is 5.02 Å². The fraction of sp³-hybridized carbons (Fsp3) is 0.600. The predicted molar refractivity (Wildman–Crippen MR) is 76.3 cm³/mol. The number of aliphatic hydroxyl groups is 1. The molecule has 0 unspecified atom stereocenters. The largest absolute Gasteiger partial charge is 0.493 e. The van der Waals surface area contributed by atoms with Crippen molar-refractivity contribution in [1.82, 2.24) is 0 Å². The number of ether oxygens (including phenoxy) is 1. The second kappa shape index (κ2) is 5.50. The van der Waals surface area contributed by atoms with Gasteiger partial charge >= 0.3 is 0 Å². The predicted octanol–water partition coefficient (Wildman–Crippen LogP) is 4.38. The van der Waals surface area contributed by atoms with Crippen molar-refractivity contribution < 1.29 is 9.84 Å². The number of hydrogen-bond donors (Lipinski definition) is 1. The number of hydrogen-bond acceptors (Lipinski definition) is 2. The van der Waals surface area contributed by atoms with Crippen molar-refractivity contribution in [3.8, 4) is 5.75 Å². The van der Waals surface area contributed by atoms with Gasteiger partial charge in [0.15, 0.2) is 0 Å². The summed E-state index contributed by atoms with van der Waals surface area (Å²) in [6.45, 7) is 10.6. The Kier molecular flexibility index (Phi) is 4.68. The van der Waals surface area contributed by atoms with Crippen LogP contribution >= 0.6 is 11.6 Å². The Morgan fingerprint density at radius 2 is 1.78 bits per heavy atom. The molecule has 0 bridgehead atoms. The van der Waals surface area contributed by atoms with E-state index in [1.165, 1.54) is 0 Å². The molecular formula is C15H23ClO2. The van der Waals surface area contributed by atoms with Crippen LogP contribution in [0.25, 0.3) is 0 Å². The average Bonchev–Trinajstić information content (AvgIpc) is 2.17. The van der Waals surface area contributed by atoms with Crippen molar-refractivity contribution >= 4 is 11.6 Å². The van der Waals surface area contributed by atoms with Crippen molar-refractivity contribution in [2.24, 2.45) is 5.41 Å². The molecule has 0 amide bonds. The maximum Gasteiger partial charge on any atom is 0.125 e. The SMILES string of the molecule is CC(C)(C)CCOc1ccc(Cl)cc1C(C)(C)O. The van der Waals surface area contributed by atoms with Gasteiger partial charge < -0.3 is 9.84 Å². The molecule has 0 aliphatic carbocycles. The highest BCUT2D eigenvalue weighted by molar-refractivity contribution is 6.30. The Balaban J connectivity index is 2.83. The van der Waals surface area contributed by atoms with Gasteiger partial charge in [-0.15, -0.1) is 0 Å². The van der Waals surface area contributed by atoms with Gasteiger partial charge in [0, 0.05) is 10.6 Å². The van der Waals surface area contributed by atoms with Crippen LogP contribution in [-0.2, 0) is 5.60 Å². The molecule has 0 aliphatic heterocycles. The molecule has 0 radical (unpaired) electrons. The summed E-state index contributed by atoms with van der Waals surface area (Å²) in [4.78, 5) is 0. The second-order valence-electron chi connectivity index (χ2n) is 6.36. The van der Waals surface area contributed by atoms with Crippen LogP contribution in [0.3, 0.4) is 0 Å². The summed E-state index contributed by atoms with van der Waals surface area (Å²) < 4.78 is 5.78. The van der Waals surface area contributed by atoms with E-state index in [0.717, 1.165) is 12.0 Å². The zero-order valence-electron chi connectivity index (χ0n) is 11.9. The first-order valence-electron chi connectivity index (χ1n) is 6.25. The minimum atomic E-state index is -0.956. The lowest BCUT2D eigenvalue weighted by Gasteiger charge is -2.23. The number of rotatable bonds is 4. The summed E-state index contributed by atoms with van der Waals surface area (Å²) in [6.07, 6.45) is 0.959. The lowest BCUT2D eigenvalue weighted by atomic mass is 9.93. The van der Waals surface area contributed by atoms with E-state index in [9.17, 15) is 5.11 Å². The summed E-state index contributed by atoms with van der Waals surface area (Å²) >= 11 is 5.96. The first-order valence-corrected chi connectivity index (χ1v) is 6.62. The molecule has 0 saturated carbocycles. The summed E-state index contributed by atoms with van der Waals surface area (Å²) in [5, 5.41) is 10.7. The van der Waals surface area contributed by atoms with Gasteiger partial charge in [0.25, 0.3) is 0 Å². The third-order valence-electron chi connectivity index (χ3n) is 2.71. The summed E-state index contributed by atoms with van der Waals surface area (Å²) in [7, 11) is 0. The van der Waals surface area contributed by atoms with Crippen molar-refractivity contribution in [3.05, 3.63) is 28.8 Å². The second-order valence-corrected chi connectivity index (χ2v) is 6.80. The molecule has 1 aromatic carbocycles. The molecule has 0 atom stereocenters. The zero-order chi connectivity index (χ0) is 14.0. The molecule has 0 aliphatic rings. The molecule has 2 nitrogen and oxygen atoms in total. The molecule has 102 valence electrons. The normalized spacial score (nSPS) is 12.6. The summed E-state index contributed by atoms with van der Waals surface area (Å²) in [6, 6.07) is 5.36. The molecule has 0 fully saturated rings. The van der Waals surface area contributed by atoms with Crippen molar-refractivity contribution in [1.29, 1.82) is 0 Å². The lowest BCUT2D eigenvalue weighted by molar-refractivity contribution is 0.0742. The van der Waals surface area contributed by atoms with Gasteiger partial charge in [0.2, 0.25) is 0 Å². The first-order chi connectivity index (χ1) is 8.09. The van der Waals surface area contributed by atoms with Crippen LogP contribution in [0.5, 0.6) is 5.75 Å². The molecule has 3 heteroatoms. The standard InChI is InChI=1S/C15H23ClO2/c1-14(2,3)8-9-18-13-7-6-11(16)10-12(13)15(4,5)17/h6-7,10,17H,8-9H2,1-5H3. The van der Waals surface area contributed by atoms with E-state index in [1.54, 1.807) is 26.0 Å². The van der Waals surface area contributed by atoms with Crippen molar-refractivity contribution in [3.63, 3.8) is 0 Å². The van der Waals surface area contributed by atoms with Crippen LogP contribution in [0.4, 0.5) is 0 Å². The first kappa shape index (κ1) is 15.3. The van der Waals surface area contributed by atoms with Gasteiger partial charge in [0.05, 0.1) is 12.2 Å². The molecule has 0 aromatic heterocycles. The molecule has 1 N–H and O–H groups in total. The molecular weight excluding hydrogens is 248 g/mol. The van der Waals surface area contributed by atoms with Gasteiger partial charge in [-0.1, -0.05) is 32.4 Å². The Hall–Kier alpha value is -0.730. The fourth-order valence-corrected chi connectivity index (χ4v) is 1.75. The third kappa shape index (κ3) is 4.87. The van der Waals surface area contributed by atoms with Crippen LogP contribution in [0.15, 0.2) is 18.2 Å². The topological polar surface area (TPSA) is 29.5 Å². The Bertz CT molecular complexity index is 400. The summed E-state index contributed by atoms with van der Waals surface area (Å²) in [5.74, 6) is 0.705. The highest BCUT2D eigenvalue weighted by Gasteiger charge is 2.22. The van der Waals surface area contributed by atoms with Gasteiger partial charge in [-0.05, 0) is 43.9 Å². The molecule has 0 heterocycles. The molecule has 1 aromatic rings. The lowest BCUT2D eigenvalue weighted by Crippen LogP contribution is -2.18. The number of halogens is 1. The van der Waals surface area contributed by atoms with Gasteiger partial charge in [-0.3, -0.25) is 0 Å². The number of benzene rings is 1. The monoisotopic (exact) mass is 270 g/mol. The van der Waals surface area contributed by atoms with E-state index >= 15 is 0 Å². The van der Waals surface area contributed by atoms with E-state index in [-0.39, 0.29) is 5.41 Å². The third-order valence-corrected chi connectivity index (χ3v) is 2.95. The smallest absolute Gasteiger partial charge is 0.125 e. The van der Waals surface area contributed by atoms with Crippen LogP contribution in [-0.4, -0.2) is 11.7 Å². The Labute approximate surface area is 115 Å². The molecule has 0 saturated heterocycles. The maximum atomic E-state index is 10.1. The van der Waals surface area contributed by atoms with Crippen molar-refractivity contribution in [2.75, 3.05) is 6.61 Å². The van der Waals surface area contributed by atoms with Crippen LogP contribution in [0, 0.1) is 5.41 Å².